The van der Waals surface area contributed by atoms with Crippen LogP contribution in [0.25, 0.3) is 11.5 Å². The van der Waals surface area contributed by atoms with Crippen LogP contribution in [0.1, 0.15) is 30.0 Å². The summed E-state index contributed by atoms with van der Waals surface area (Å²) >= 11 is 0. The number of rotatable bonds is 5. The van der Waals surface area contributed by atoms with Crippen molar-refractivity contribution in [1.29, 1.82) is 0 Å². The van der Waals surface area contributed by atoms with E-state index >= 15 is 0 Å². The molecule has 0 saturated heterocycles. The van der Waals surface area contributed by atoms with Gasteiger partial charge in [0.15, 0.2) is 0 Å². The van der Waals surface area contributed by atoms with Crippen LogP contribution >= 0.6 is 0 Å². The summed E-state index contributed by atoms with van der Waals surface area (Å²) in [5.41, 5.74) is 3.49. The molecule has 0 N–H and O–H groups in total. The SMILES string of the molecule is Cc1ccc([C@H](C)N(C)Cc2nnc(-c3ccccc3)o2)cc1. The van der Waals surface area contributed by atoms with Crippen LogP contribution in [0.5, 0.6) is 0 Å². The molecule has 23 heavy (non-hydrogen) atoms. The molecule has 0 unspecified atom stereocenters. The summed E-state index contributed by atoms with van der Waals surface area (Å²) in [7, 11) is 2.07. The van der Waals surface area contributed by atoms with Gasteiger partial charge in [0.25, 0.3) is 0 Å². The average molecular weight is 307 g/mol. The van der Waals surface area contributed by atoms with Crippen LogP contribution in [-0.4, -0.2) is 22.1 Å². The lowest BCUT2D eigenvalue weighted by Gasteiger charge is -2.23. The lowest BCUT2D eigenvalue weighted by atomic mass is 10.1. The third kappa shape index (κ3) is 3.66. The summed E-state index contributed by atoms with van der Waals surface area (Å²) in [4.78, 5) is 2.20. The van der Waals surface area contributed by atoms with Gasteiger partial charge in [0.05, 0.1) is 6.54 Å². The molecule has 0 radical (unpaired) electrons. The first-order valence-corrected chi connectivity index (χ1v) is 7.78. The predicted molar refractivity (Wildman–Crippen MR) is 90.8 cm³/mol. The largest absolute Gasteiger partial charge is 0.419 e. The zero-order valence-corrected chi connectivity index (χ0v) is 13.7. The molecule has 0 fully saturated rings. The Morgan fingerprint density at radius 2 is 1.70 bits per heavy atom. The number of nitrogens with zero attached hydrogens (tertiary/aromatic N) is 3. The highest BCUT2D eigenvalue weighted by atomic mass is 16.4. The van der Waals surface area contributed by atoms with Gasteiger partial charge in [0.2, 0.25) is 11.8 Å². The molecule has 4 heteroatoms. The van der Waals surface area contributed by atoms with Crippen molar-refractivity contribution >= 4 is 0 Å². The van der Waals surface area contributed by atoms with Gasteiger partial charge in [-0.25, -0.2) is 0 Å². The maximum Gasteiger partial charge on any atom is 0.247 e. The fraction of sp³-hybridized carbons (Fsp3) is 0.263. The first-order valence-electron chi connectivity index (χ1n) is 7.78. The van der Waals surface area contributed by atoms with Gasteiger partial charge < -0.3 is 4.42 Å². The molecule has 3 aromatic rings. The zero-order chi connectivity index (χ0) is 16.2. The highest BCUT2D eigenvalue weighted by Gasteiger charge is 2.15. The molecule has 118 valence electrons. The number of aryl methyl sites for hydroxylation is 1. The zero-order valence-electron chi connectivity index (χ0n) is 13.7. The molecule has 0 saturated carbocycles. The maximum absolute atomic E-state index is 5.78. The van der Waals surface area contributed by atoms with Crippen molar-refractivity contribution in [1.82, 2.24) is 15.1 Å². The summed E-state index contributed by atoms with van der Waals surface area (Å²) in [6.07, 6.45) is 0. The van der Waals surface area contributed by atoms with E-state index in [4.69, 9.17) is 4.42 Å². The van der Waals surface area contributed by atoms with Gasteiger partial charge in [-0.15, -0.1) is 10.2 Å². The Morgan fingerprint density at radius 3 is 2.39 bits per heavy atom. The van der Waals surface area contributed by atoms with Crippen LogP contribution in [0, 0.1) is 6.92 Å². The molecule has 4 nitrogen and oxygen atoms in total. The van der Waals surface area contributed by atoms with E-state index in [2.05, 4.69) is 60.3 Å². The van der Waals surface area contributed by atoms with Crippen molar-refractivity contribution in [3.05, 3.63) is 71.6 Å². The highest BCUT2D eigenvalue weighted by molar-refractivity contribution is 5.51. The van der Waals surface area contributed by atoms with Gasteiger partial charge in [0.1, 0.15) is 0 Å². The second kappa shape index (κ2) is 6.75. The normalized spacial score (nSPS) is 12.5. The smallest absolute Gasteiger partial charge is 0.247 e. The van der Waals surface area contributed by atoms with Gasteiger partial charge in [-0.1, -0.05) is 48.0 Å². The monoisotopic (exact) mass is 307 g/mol. The first-order chi connectivity index (χ1) is 11.1. The summed E-state index contributed by atoms with van der Waals surface area (Å²) in [6.45, 7) is 4.90. The molecular formula is C19H21N3O. The van der Waals surface area contributed by atoms with E-state index in [1.165, 1.54) is 11.1 Å². The van der Waals surface area contributed by atoms with Gasteiger partial charge >= 0.3 is 0 Å². The van der Waals surface area contributed by atoms with Gasteiger partial charge in [-0.05, 0) is 38.6 Å². The summed E-state index contributed by atoms with van der Waals surface area (Å²) < 4.78 is 5.78. The molecule has 0 aliphatic carbocycles. The maximum atomic E-state index is 5.78. The van der Waals surface area contributed by atoms with E-state index in [0.717, 1.165) is 5.56 Å². The minimum atomic E-state index is 0.280. The molecule has 2 aromatic carbocycles. The summed E-state index contributed by atoms with van der Waals surface area (Å²) in [6, 6.07) is 18.7. The standard InChI is InChI=1S/C19H21N3O/c1-14-9-11-16(12-10-14)15(2)22(3)13-18-20-21-19(23-18)17-7-5-4-6-8-17/h4-12,15H,13H2,1-3H3/t15-/m0/s1. The van der Waals surface area contributed by atoms with E-state index < -0.39 is 0 Å². The Bertz CT molecular complexity index is 750. The van der Waals surface area contributed by atoms with Crippen molar-refractivity contribution in [3.8, 4) is 11.5 Å². The molecule has 1 heterocycles. The Kier molecular flexibility index (Phi) is 4.53. The van der Waals surface area contributed by atoms with Gasteiger partial charge in [-0.2, -0.15) is 0 Å². The lowest BCUT2D eigenvalue weighted by molar-refractivity contribution is 0.228. The molecular weight excluding hydrogens is 286 g/mol. The fourth-order valence-electron chi connectivity index (χ4n) is 2.46. The second-order valence-corrected chi connectivity index (χ2v) is 5.87. The Labute approximate surface area is 136 Å². The highest BCUT2D eigenvalue weighted by Crippen LogP contribution is 2.22. The van der Waals surface area contributed by atoms with Crippen molar-refractivity contribution in [2.45, 2.75) is 26.4 Å². The number of hydrogen-bond acceptors (Lipinski definition) is 4. The van der Waals surface area contributed by atoms with E-state index in [9.17, 15) is 0 Å². The number of aromatic nitrogens is 2. The molecule has 0 spiro atoms. The van der Waals surface area contributed by atoms with Crippen molar-refractivity contribution in [2.75, 3.05) is 7.05 Å². The van der Waals surface area contributed by atoms with Crippen molar-refractivity contribution < 1.29 is 4.42 Å². The second-order valence-electron chi connectivity index (χ2n) is 5.87. The summed E-state index contributed by atoms with van der Waals surface area (Å²) in [5.74, 6) is 1.20. The fourth-order valence-corrected chi connectivity index (χ4v) is 2.46. The average Bonchev–Trinajstić information content (AvgIpc) is 3.04. The minimum absolute atomic E-state index is 0.280. The first kappa shape index (κ1) is 15.4. The van der Waals surface area contributed by atoms with E-state index in [1.807, 2.05) is 30.3 Å². The molecule has 0 aliphatic heterocycles. The molecule has 1 atom stereocenters. The minimum Gasteiger partial charge on any atom is -0.419 e. The predicted octanol–water partition coefficient (Wildman–Crippen LogP) is 4.24. The summed E-state index contributed by atoms with van der Waals surface area (Å²) in [5, 5.41) is 8.30. The third-order valence-electron chi connectivity index (χ3n) is 4.09. The van der Waals surface area contributed by atoms with Crippen LogP contribution in [0.3, 0.4) is 0 Å². The molecule has 1 aromatic heterocycles. The Morgan fingerprint density at radius 1 is 1.00 bits per heavy atom. The van der Waals surface area contributed by atoms with E-state index in [1.54, 1.807) is 0 Å². The molecule has 0 aliphatic rings. The third-order valence-corrected chi connectivity index (χ3v) is 4.09. The van der Waals surface area contributed by atoms with Crippen LogP contribution in [0.4, 0.5) is 0 Å². The van der Waals surface area contributed by atoms with Crippen molar-refractivity contribution in [3.63, 3.8) is 0 Å². The van der Waals surface area contributed by atoms with Gasteiger partial charge in [0, 0.05) is 11.6 Å². The quantitative estimate of drug-likeness (QED) is 0.707. The van der Waals surface area contributed by atoms with E-state index in [0.29, 0.717) is 18.3 Å². The van der Waals surface area contributed by atoms with Crippen LogP contribution < -0.4 is 0 Å². The van der Waals surface area contributed by atoms with Crippen LogP contribution in [-0.2, 0) is 6.54 Å². The topological polar surface area (TPSA) is 42.2 Å². The van der Waals surface area contributed by atoms with E-state index in [-0.39, 0.29) is 6.04 Å². The number of hydrogen-bond donors (Lipinski definition) is 0. The van der Waals surface area contributed by atoms with Gasteiger partial charge in [-0.3, -0.25) is 4.90 Å². The lowest BCUT2D eigenvalue weighted by Crippen LogP contribution is -2.22. The molecule has 3 rings (SSSR count). The Hall–Kier alpha value is -2.46. The molecule has 0 amide bonds. The van der Waals surface area contributed by atoms with Crippen LogP contribution in [0.2, 0.25) is 0 Å². The van der Waals surface area contributed by atoms with Crippen molar-refractivity contribution in [2.24, 2.45) is 0 Å². The number of benzene rings is 2. The van der Waals surface area contributed by atoms with Crippen LogP contribution in [0.15, 0.2) is 59.0 Å². The molecule has 0 bridgehead atoms. The Balaban J connectivity index is 1.69.